The zero-order chi connectivity index (χ0) is 26.3. The Hall–Kier alpha value is -2.85. The van der Waals surface area contributed by atoms with Crippen LogP contribution in [0.25, 0.3) is 0 Å². The highest BCUT2D eigenvalue weighted by Gasteiger charge is 2.22. The number of rotatable bonds is 11. The maximum atomic E-state index is 13.3. The molecule has 1 aromatic heterocycles. The van der Waals surface area contributed by atoms with Crippen LogP contribution in [0.5, 0.6) is 5.75 Å². The Morgan fingerprint density at radius 2 is 1.78 bits per heavy atom. The smallest absolute Gasteiger partial charge is 0.272 e. The summed E-state index contributed by atoms with van der Waals surface area (Å²) in [5.41, 5.74) is 1.10. The number of amides is 1. The minimum Gasteiger partial charge on any atom is -0.483 e. The van der Waals surface area contributed by atoms with Crippen LogP contribution in [0.2, 0.25) is 10.0 Å². The van der Waals surface area contributed by atoms with Gasteiger partial charge in [-0.1, -0.05) is 66.5 Å². The fourth-order valence-electron chi connectivity index (χ4n) is 3.35. The van der Waals surface area contributed by atoms with Gasteiger partial charge < -0.3 is 14.6 Å². The van der Waals surface area contributed by atoms with Gasteiger partial charge in [0, 0.05) is 25.4 Å². The first-order valence-electron chi connectivity index (χ1n) is 11.0. The zero-order valence-electron chi connectivity index (χ0n) is 19.7. The molecule has 0 fully saturated rings. The summed E-state index contributed by atoms with van der Waals surface area (Å²) in [5.74, 6) is -0.951. The third-order valence-corrected chi connectivity index (χ3v) is 6.39. The molecule has 1 N–H and O–H groups in total. The average Bonchev–Trinajstić information content (AvgIpc) is 2.83. The summed E-state index contributed by atoms with van der Waals surface area (Å²) in [6, 6.07) is 15.5. The Labute approximate surface area is 219 Å². The molecule has 1 atom stereocenters. The van der Waals surface area contributed by atoms with Crippen LogP contribution in [0.3, 0.4) is 0 Å². The third kappa shape index (κ3) is 8.09. The third-order valence-electron chi connectivity index (χ3n) is 5.09. The van der Waals surface area contributed by atoms with Crippen molar-refractivity contribution in [3.63, 3.8) is 0 Å². The number of nitrogens with zero attached hydrogens (tertiary/aromatic N) is 1. The second-order valence-electron chi connectivity index (χ2n) is 8.31. The lowest BCUT2D eigenvalue weighted by Crippen LogP contribution is -2.31. The highest BCUT2D eigenvalue weighted by Crippen LogP contribution is 2.23. The van der Waals surface area contributed by atoms with Crippen LogP contribution < -0.4 is 15.5 Å². The van der Waals surface area contributed by atoms with E-state index in [1.165, 1.54) is 12.3 Å². The van der Waals surface area contributed by atoms with Gasteiger partial charge in [0.15, 0.2) is 11.4 Å². The van der Waals surface area contributed by atoms with Crippen molar-refractivity contribution in [2.45, 2.75) is 26.6 Å². The van der Waals surface area contributed by atoms with Crippen LogP contribution in [-0.4, -0.2) is 31.8 Å². The lowest BCUT2D eigenvalue weighted by Gasteiger charge is -2.20. The van der Waals surface area contributed by atoms with Gasteiger partial charge in [-0.05, 0) is 29.2 Å². The van der Waals surface area contributed by atoms with E-state index in [1.54, 1.807) is 29.7 Å². The Kier molecular flexibility index (Phi) is 9.56. The average molecular weight is 553 g/mol. The van der Waals surface area contributed by atoms with E-state index in [2.05, 4.69) is 5.32 Å². The monoisotopic (exact) mass is 552 g/mol. The minimum absolute atomic E-state index is 0.0182. The van der Waals surface area contributed by atoms with Gasteiger partial charge >= 0.3 is 0 Å². The Morgan fingerprint density at radius 1 is 1.06 bits per heavy atom. The number of ether oxygens (including phenoxy) is 1. The largest absolute Gasteiger partial charge is 0.483 e. The Morgan fingerprint density at radius 3 is 2.44 bits per heavy atom. The molecule has 0 spiro atoms. The number of carbonyl (C=O) groups is 1. The minimum atomic E-state index is -3.62. The lowest BCUT2D eigenvalue weighted by molar-refractivity contribution is 0.0932. The molecule has 3 aromatic rings. The molecular weight excluding hydrogens is 527 g/mol. The summed E-state index contributed by atoms with van der Waals surface area (Å²) >= 11 is 12.0. The van der Waals surface area contributed by atoms with Crippen LogP contribution in [-0.2, 0) is 34.0 Å². The number of benzene rings is 2. The molecule has 1 amide bonds. The fourth-order valence-corrected chi connectivity index (χ4v) is 4.15. The molecule has 2 aromatic carbocycles. The number of pyridine rings is 1. The molecule has 1 heterocycles. The van der Waals surface area contributed by atoms with Gasteiger partial charge in [-0.15, -0.1) is 0 Å². The van der Waals surface area contributed by atoms with Crippen molar-refractivity contribution in [3.8, 4) is 5.75 Å². The summed E-state index contributed by atoms with van der Waals surface area (Å²) in [4.78, 5) is 26.1. The van der Waals surface area contributed by atoms with Crippen molar-refractivity contribution in [1.82, 2.24) is 9.88 Å². The highest BCUT2D eigenvalue weighted by atomic mass is 35.5. The Balaban J connectivity index is 1.89. The SMILES string of the molecule is CC(COS(C)(=O)=O)Cn1ccc(=O)c(OCc2ccccc2)c1C(=O)NCc1ccc(Cl)c(Cl)c1. The van der Waals surface area contributed by atoms with Crippen molar-refractivity contribution < 1.29 is 22.1 Å². The van der Waals surface area contributed by atoms with Crippen molar-refractivity contribution >= 4 is 39.2 Å². The molecule has 0 aliphatic carbocycles. The molecular formula is C25H26Cl2N2O6S. The van der Waals surface area contributed by atoms with Crippen LogP contribution >= 0.6 is 23.2 Å². The number of halogens is 2. The van der Waals surface area contributed by atoms with Gasteiger partial charge in [0.1, 0.15) is 6.61 Å². The van der Waals surface area contributed by atoms with Gasteiger partial charge in [0.05, 0.1) is 22.9 Å². The summed E-state index contributed by atoms with van der Waals surface area (Å²) in [6.07, 6.45) is 2.44. The van der Waals surface area contributed by atoms with E-state index in [-0.39, 0.29) is 43.7 Å². The topological polar surface area (TPSA) is 104 Å². The first-order valence-corrected chi connectivity index (χ1v) is 13.6. The number of carbonyl (C=O) groups excluding carboxylic acids is 1. The van der Waals surface area contributed by atoms with E-state index in [0.717, 1.165) is 11.8 Å². The van der Waals surface area contributed by atoms with Gasteiger partial charge in [0.25, 0.3) is 16.0 Å². The van der Waals surface area contributed by atoms with Crippen LogP contribution in [0.1, 0.15) is 28.5 Å². The van der Waals surface area contributed by atoms with Crippen molar-refractivity contribution in [3.05, 3.63) is 97.9 Å². The number of hydrogen-bond donors (Lipinski definition) is 1. The molecule has 0 saturated carbocycles. The molecule has 36 heavy (non-hydrogen) atoms. The number of aromatic nitrogens is 1. The second-order valence-corrected chi connectivity index (χ2v) is 10.8. The maximum Gasteiger partial charge on any atom is 0.272 e. The standard InChI is InChI=1S/C25H26Cl2N2O6S/c1-17(15-35-36(2,32)33)14-29-11-10-22(30)24(34-16-18-6-4-3-5-7-18)23(29)25(31)28-13-19-8-9-20(26)21(27)12-19/h3-12,17H,13-16H2,1-2H3,(H,28,31). The van der Waals surface area contributed by atoms with E-state index in [9.17, 15) is 18.0 Å². The summed E-state index contributed by atoms with van der Waals surface area (Å²) < 4.78 is 35.0. The van der Waals surface area contributed by atoms with Gasteiger partial charge in [-0.3, -0.25) is 13.8 Å². The van der Waals surface area contributed by atoms with Crippen LogP contribution in [0.15, 0.2) is 65.6 Å². The van der Waals surface area contributed by atoms with Gasteiger partial charge in [-0.25, -0.2) is 0 Å². The molecule has 0 aliphatic heterocycles. The van der Waals surface area contributed by atoms with Crippen molar-refractivity contribution in [1.29, 1.82) is 0 Å². The van der Waals surface area contributed by atoms with E-state index in [0.29, 0.717) is 15.6 Å². The molecule has 11 heteroatoms. The predicted octanol–water partition coefficient (Wildman–Crippen LogP) is 4.28. The first kappa shape index (κ1) is 27.7. The zero-order valence-corrected chi connectivity index (χ0v) is 22.1. The van der Waals surface area contributed by atoms with E-state index in [4.69, 9.17) is 32.1 Å². The molecule has 0 aliphatic rings. The van der Waals surface area contributed by atoms with Crippen LogP contribution in [0, 0.1) is 5.92 Å². The quantitative estimate of drug-likeness (QED) is 0.356. The molecule has 1 unspecified atom stereocenters. The molecule has 0 bridgehead atoms. The van der Waals surface area contributed by atoms with E-state index >= 15 is 0 Å². The van der Waals surface area contributed by atoms with E-state index < -0.39 is 21.5 Å². The summed E-state index contributed by atoms with van der Waals surface area (Å²) in [6.45, 7) is 2.09. The predicted molar refractivity (Wildman–Crippen MR) is 139 cm³/mol. The van der Waals surface area contributed by atoms with Crippen LogP contribution in [0.4, 0.5) is 0 Å². The summed E-state index contributed by atoms with van der Waals surface area (Å²) in [7, 11) is -3.62. The van der Waals surface area contributed by atoms with Crippen molar-refractivity contribution in [2.75, 3.05) is 12.9 Å². The summed E-state index contributed by atoms with van der Waals surface area (Å²) in [5, 5.41) is 3.54. The molecule has 8 nitrogen and oxygen atoms in total. The van der Waals surface area contributed by atoms with Gasteiger partial charge in [0.2, 0.25) is 5.43 Å². The first-order chi connectivity index (χ1) is 17.0. The Bertz CT molecular complexity index is 1380. The number of hydrogen-bond acceptors (Lipinski definition) is 6. The van der Waals surface area contributed by atoms with Gasteiger partial charge in [-0.2, -0.15) is 8.42 Å². The molecule has 0 saturated heterocycles. The van der Waals surface area contributed by atoms with Crippen molar-refractivity contribution in [2.24, 2.45) is 5.92 Å². The molecule has 3 rings (SSSR count). The molecule has 192 valence electrons. The normalized spacial score (nSPS) is 12.2. The maximum absolute atomic E-state index is 13.3. The second kappa shape index (κ2) is 12.4. The fraction of sp³-hybridized carbons (Fsp3) is 0.280. The number of nitrogens with one attached hydrogen (secondary N) is 1. The highest BCUT2D eigenvalue weighted by molar-refractivity contribution is 7.85. The lowest BCUT2D eigenvalue weighted by atomic mass is 10.1. The van der Waals surface area contributed by atoms with E-state index in [1.807, 2.05) is 30.3 Å². The molecule has 0 radical (unpaired) electrons.